The number of pyridine rings is 1. The third-order valence-corrected chi connectivity index (χ3v) is 7.29. The van der Waals surface area contributed by atoms with Crippen LogP contribution in [-0.4, -0.2) is 46.6 Å². The van der Waals surface area contributed by atoms with Gasteiger partial charge < -0.3 is 25.4 Å². The maximum atomic E-state index is 13.5. The fourth-order valence-corrected chi connectivity index (χ4v) is 5.29. The van der Waals surface area contributed by atoms with Gasteiger partial charge in [-0.1, -0.05) is 26.0 Å². The van der Waals surface area contributed by atoms with Gasteiger partial charge in [0.15, 0.2) is 11.4 Å². The first-order chi connectivity index (χ1) is 17.5. The zero-order chi connectivity index (χ0) is 26.6. The average Bonchev–Trinajstić information content (AvgIpc) is 3.26. The van der Waals surface area contributed by atoms with E-state index in [4.69, 9.17) is 4.42 Å². The van der Waals surface area contributed by atoms with E-state index in [2.05, 4.69) is 20.1 Å². The van der Waals surface area contributed by atoms with Gasteiger partial charge >= 0.3 is 5.97 Å². The van der Waals surface area contributed by atoms with E-state index in [1.165, 1.54) is 23.7 Å². The lowest BCUT2D eigenvalue weighted by Crippen LogP contribution is -2.37. The summed E-state index contributed by atoms with van der Waals surface area (Å²) in [6.07, 6.45) is 0. The minimum atomic E-state index is -4.45. The number of sulfonamides is 1. The zero-order valence-corrected chi connectivity index (χ0v) is 20.8. The van der Waals surface area contributed by atoms with Crippen molar-refractivity contribution in [1.29, 1.82) is 0 Å². The molecule has 0 bridgehead atoms. The molecule has 0 fully saturated rings. The molecule has 4 aromatic rings. The van der Waals surface area contributed by atoms with Crippen LogP contribution in [0.2, 0.25) is 0 Å². The summed E-state index contributed by atoms with van der Waals surface area (Å²) in [5.74, 6) is -3.04. The number of benzene rings is 2. The van der Waals surface area contributed by atoms with Gasteiger partial charge in [-0.15, -0.1) is 4.40 Å². The summed E-state index contributed by atoms with van der Waals surface area (Å²) in [7, 11) is -4.45. The largest absolute Gasteiger partial charge is 0.506 e. The number of fused-ring (bicyclic) bond motifs is 4. The summed E-state index contributed by atoms with van der Waals surface area (Å²) in [6.45, 7) is 5.73. The minimum absolute atomic E-state index is 0.0500. The summed E-state index contributed by atoms with van der Waals surface area (Å²) in [4.78, 5) is 28.7. The van der Waals surface area contributed by atoms with Gasteiger partial charge in [0.25, 0.3) is 15.6 Å². The van der Waals surface area contributed by atoms with Crippen molar-refractivity contribution in [2.24, 2.45) is 10.3 Å². The smallest absolute Gasteiger partial charge is 0.315 e. The van der Waals surface area contributed by atoms with E-state index in [1.807, 2.05) is 13.8 Å². The van der Waals surface area contributed by atoms with Crippen molar-refractivity contribution < 1.29 is 27.8 Å². The van der Waals surface area contributed by atoms with Crippen LogP contribution in [0.5, 0.6) is 5.75 Å². The van der Waals surface area contributed by atoms with Crippen molar-refractivity contribution in [3.05, 3.63) is 58.2 Å². The minimum Gasteiger partial charge on any atom is -0.506 e. The first-order valence-corrected chi connectivity index (χ1v) is 12.8. The van der Waals surface area contributed by atoms with Gasteiger partial charge in [0.1, 0.15) is 27.6 Å². The highest BCUT2D eigenvalue weighted by molar-refractivity contribution is 7.90. The zero-order valence-electron chi connectivity index (χ0n) is 20.0. The van der Waals surface area contributed by atoms with Crippen molar-refractivity contribution in [2.75, 3.05) is 17.3 Å². The first kappa shape index (κ1) is 24.3. The molecular weight excluding hydrogens is 502 g/mol. The number of amidine groups is 1. The van der Waals surface area contributed by atoms with E-state index in [9.17, 15) is 28.2 Å². The topological polar surface area (TPSA) is 176 Å². The summed E-state index contributed by atoms with van der Waals surface area (Å²) < 4.78 is 37.2. The van der Waals surface area contributed by atoms with Gasteiger partial charge in [-0.25, -0.2) is 9.66 Å². The maximum absolute atomic E-state index is 13.5. The number of aromatic nitrogens is 2. The number of carboxylic acids is 1. The molecule has 12 nitrogen and oxygen atoms in total. The molecule has 4 N–H and O–H groups in total. The van der Waals surface area contributed by atoms with E-state index >= 15 is 0 Å². The molecule has 2 aromatic carbocycles. The Kier molecular flexibility index (Phi) is 5.67. The van der Waals surface area contributed by atoms with E-state index in [0.29, 0.717) is 17.4 Å². The Morgan fingerprint density at radius 3 is 2.62 bits per heavy atom. The number of hydrogen-bond acceptors (Lipinski definition) is 9. The number of rotatable bonds is 6. The number of para-hydroxylation sites is 1. The normalized spacial score (nSPS) is 15.3. The molecule has 1 unspecified atom stereocenters. The number of carbonyl (C=O) groups is 1. The van der Waals surface area contributed by atoms with Gasteiger partial charge in [-0.05, 0) is 37.1 Å². The molecular formula is C24H23N5O7S. The van der Waals surface area contributed by atoms with Gasteiger partial charge in [-0.3, -0.25) is 9.59 Å². The highest BCUT2D eigenvalue weighted by Crippen LogP contribution is 2.37. The summed E-state index contributed by atoms with van der Waals surface area (Å²) in [6, 6.07) is 9.51. The van der Waals surface area contributed by atoms with Crippen molar-refractivity contribution in [1.82, 2.24) is 9.66 Å². The second kappa shape index (κ2) is 8.62. The number of aromatic hydroxyl groups is 1. The molecule has 0 aliphatic carbocycles. The van der Waals surface area contributed by atoms with Crippen LogP contribution in [0.1, 0.15) is 38.1 Å². The fourth-order valence-electron chi connectivity index (χ4n) is 4.03. The standard InChI is InChI=1S/C24H23N5O7S/c1-11(2)10-25-29-15-7-5-4-6-13(15)19(30)17(23(29)31)21-26-14-8-9-16-18(20(14)37(34,35)28-21)27-22(36-16)12(3)24(32)33/h4-9,11-12,25,30H,10H2,1-3H3,(H,26,28)(H,32,33). The molecule has 1 atom stereocenters. The van der Waals surface area contributed by atoms with Crippen LogP contribution < -0.4 is 16.3 Å². The predicted molar refractivity (Wildman–Crippen MR) is 136 cm³/mol. The molecule has 37 heavy (non-hydrogen) atoms. The molecule has 0 radical (unpaired) electrons. The summed E-state index contributed by atoms with van der Waals surface area (Å²) in [5, 5.41) is 23.5. The second-order valence-electron chi connectivity index (χ2n) is 9.08. The van der Waals surface area contributed by atoms with Crippen LogP contribution >= 0.6 is 0 Å². The monoisotopic (exact) mass is 525 g/mol. The molecule has 0 spiro atoms. The molecule has 0 saturated carbocycles. The predicted octanol–water partition coefficient (Wildman–Crippen LogP) is 2.80. The molecule has 1 aliphatic heterocycles. The number of nitrogens with one attached hydrogen (secondary N) is 2. The van der Waals surface area contributed by atoms with Crippen molar-refractivity contribution in [3.63, 3.8) is 0 Å². The quantitative estimate of drug-likeness (QED) is 0.293. The molecule has 0 saturated heterocycles. The Hall–Kier alpha value is -4.39. The third-order valence-electron chi connectivity index (χ3n) is 5.94. The Morgan fingerprint density at radius 1 is 1.19 bits per heavy atom. The first-order valence-electron chi connectivity index (χ1n) is 11.4. The Morgan fingerprint density at radius 2 is 1.92 bits per heavy atom. The van der Waals surface area contributed by atoms with E-state index in [-0.39, 0.29) is 44.9 Å². The summed E-state index contributed by atoms with van der Waals surface area (Å²) >= 11 is 0. The average molecular weight is 526 g/mol. The maximum Gasteiger partial charge on any atom is 0.315 e. The lowest BCUT2D eigenvalue weighted by molar-refractivity contribution is -0.138. The molecule has 13 heteroatoms. The van der Waals surface area contributed by atoms with Crippen LogP contribution in [0.15, 0.2) is 54.9 Å². The lowest BCUT2D eigenvalue weighted by atomic mass is 10.1. The molecule has 3 heterocycles. The lowest BCUT2D eigenvalue weighted by Gasteiger charge is -2.21. The van der Waals surface area contributed by atoms with Gasteiger partial charge in [0.05, 0.1) is 11.2 Å². The van der Waals surface area contributed by atoms with E-state index < -0.39 is 33.2 Å². The highest BCUT2D eigenvalue weighted by Gasteiger charge is 2.34. The molecule has 0 amide bonds. The Bertz CT molecular complexity index is 1790. The molecule has 1 aliphatic rings. The number of hydrogen-bond donors (Lipinski definition) is 4. The van der Waals surface area contributed by atoms with Gasteiger partial charge in [-0.2, -0.15) is 8.42 Å². The van der Waals surface area contributed by atoms with Crippen LogP contribution in [0.4, 0.5) is 5.69 Å². The number of oxazole rings is 1. The van der Waals surface area contributed by atoms with Gasteiger partial charge in [0, 0.05) is 11.9 Å². The van der Waals surface area contributed by atoms with Crippen LogP contribution in [0, 0.1) is 5.92 Å². The van der Waals surface area contributed by atoms with Crippen molar-refractivity contribution in [3.8, 4) is 5.75 Å². The van der Waals surface area contributed by atoms with Crippen LogP contribution in [0.3, 0.4) is 0 Å². The molecule has 2 aromatic heterocycles. The van der Waals surface area contributed by atoms with Gasteiger partial charge in [0.2, 0.25) is 5.89 Å². The van der Waals surface area contributed by atoms with Crippen LogP contribution in [-0.2, 0) is 14.8 Å². The van der Waals surface area contributed by atoms with Crippen molar-refractivity contribution in [2.45, 2.75) is 31.6 Å². The Labute approximate surface area is 210 Å². The third kappa shape index (κ3) is 3.96. The number of anilines is 1. The molecule has 5 rings (SSSR count). The second-order valence-corrected chi connectivity index (χ2v) is 10.6. The molecule has 192 valence electrons. The SMILES string of the molecule is CC(C)CNn1c(=O)c(C2=NS(=O)(=O)c3c(ccc4oc(C(C)C(=O)O)nc34)N2)c(O)c2ccccc21. The Balaban J connectivity index is 1.70. The number of carboxylic acid groups (broad SMARTS) is 1. The van der Waals surface area contributed by atoms with Crippen molar-refractivity contribution >= 4 is 49.5 Å². The fraction of sp³-hybridized carbons (Fsp3) is 0.250. The van der Waals surface area contributed by atoms with Crippen LogP contribution in [0.25, 0.3) is 22.0 Å². The number of aliphatic carboxylic acids is 1. The highest BCUT2D eigenvalue weighted by atomic mass is 32.2. The van der Waals surface area contributed by atoms with E-state index in [1.54, 1.807) is 24.3 Å². The number of nitrogens with zero attached hydrogens (tertiary/aromatic N) is 3. The van der Waals surface area contributed by atoms with E-state index in [0.717, 1.165) is 0 Å². The summed E-state index contributed by atoms with van der Waals surface area (Å²) in [5.41, 5.74) is 2.46.